The summed E-state index contributed by atoms with van der Waals surface area (Å²) in [6.45, 7) is 0.279. The van der Waals surface area contributed by atoms with Crippen molar-refractivity contribution in [3.8, 4) is 11.5 Å². The van der Waals surface area contributed by atoms with E-state index >= 15 is 0 Å². The van der Waals surface area contributed by atoms with Crippen LogP contribution in [0, 0.1) is 0 Å². The van der Waals surface area contributed by atoms with Crippen molar-refractivity contribution in [2.75, 3.05) is 12.1 Å². The molecule has 0 radical (unpaired) electrons. The summed E-state index contributed by atoms with van der Waals surface area (Å²) in [5.41, 5.74) is 8.31. The zero-order valence-corrected chi connectivity index (χ0v) is 10.9. The molecule has 1 aliphatic rings. The maximum Gasteiger partial charge on any atom is 0.231 e. The fraction of sp³-hybridized carbons (Fsp3) is 0.0714. The van der Waals surface area contributed by atoms with E-state index in [0.29, 0.717) is 4.99 Å². The zero-order chi connectivity index (χ0) is 13.2. The average molecular weight is 272 g/mol. The molecule has 0 saturated heterocycles. The average Bonchev–Trinajstić information content (AvgIpc) is 2.87. The molecule has 0 fully saturated rings. The molecule has 0 amide bonds. The van der Waals surface area contributed by atoms with Crippen molar-refractivity contribution in [1.29, 1.82) is 0 Å². The van der Waals surface area contributed by atoms with Gasteiger partial charge in [-0.25, -0.2) is 0 Å². The first kappa shape index (κ1) is 11.8. The molecule has 0 aromatic heterocycles. The van der Waals surface area contributed by atoms with E-state index in [1.807, 2.05) is 42.5 Å². The molecule has 3 N–H and O–H groups in total. The van der Waals surface area contributed by atoms with Gasteiger partial charge in [0.15, 0.2) is 11.5 Å². The summed E-state index contributed by atoms with van der Waals surface area (Å²) in [4.78, 5) is 0.398. The number of fused-ring (bicyclic) bond motifs is 1. The first-order valence-electron chi connectivity index (χ1n) is 5.79. The number of nitrogens with two attached hydrogens (primary N) is 1. The SMILES string of the molecule is NC(=S)c1ccc(Nc2ccc3c(c2)OCO3)cc1. The van der Waals surface area contributed by atoms with Crippen molar-refractivity contribution in [3.63, 3.8) is 0 Å². The second kappa shape index (κ2) is 4.78. The Labute approximate surface area is 116 Å². The van der Waals surface area contributed by atoms with Crippen LogP contribution in [0.15, 0.2) is 42.5 Å². The number of ether oxygens (including phenoxy) is 2. The molecule has 0 bridgehead atoms. The molecule has 0 unspecified atom stereocenters. The highest BCUT2D eigenvalue weighted by atomic mass is 32.1. The Bertz CT molecular complexity index is 626. The van der Waals surface area contributed by atoms with E-state index in [9.17, 15) is 0 Å². The maximum absolute atomic E-state index is 5.56. The quantitative estimate of drug-likeness (QED) is 0.841. The molecule has 2 aromatic carbocycles. The van der Waals surface area contributed by atoms with Gasteiger partial charge in [-0.3, -0.25) is 0 Å². The molecule has 3 rings (SSSR count). The fourth-order valence-corrected chi connectivity index (χ4v) is 1.99. The van der Waals surface area contributed by atoms with Gasteiger partial charge in [-0.1, -0.05) is 12.2 Å². The minimum Gasteiger partial charge on any atom is -0.454 e. The van der Waals surface area contributed by atoms with Crippen LogP contribution in [0.25, 0.3) is 0 Å². The molecule has 0 saturated carbocycles. The number of nitrogens with one attached hydrogen (secondary N) is 1. The van der Waals surface area contributed by atoms with Crippen LogP contribution >= 0.6 is 12.2 Å². The number of benzene rings is 2. The van der Waals surface area contributed by atoms with Gasteiger partial charge in [0.05, 0.1) is 0 Å². The number of thiocarbonyl (C=S) groups is 1. The molecule has 1 aliphatic heterocycles. The summed E-state index contributed by atoms with van der Waals surface area (Å²) in [7, 11) is 0. The lowest BCUT2D eigenvalue weighted by Crippen LogP contribution is -2.08. The van der Waals surface area contributed by atoms with Gasteiger partial charge >= 0.3 is 0 Å². The van der Waals surface area contributed by atoms with Crippen LogP contribution < -0.4 is 20.5 Å². The van der Waals surface area contributed by atoms with E-state index in [-0.39, 0.29) is 6.79 Å². The van der Waals surface area contributed by atoms with E-state index in [0.717, 1.165) is 28.4 Å². The summed E-state index contributed by atoms with van der Waals surface area (Å²) < 4.78 is 10.6. The van der Waals surface area contributed by atoms with Crippen LogP contribution in [0.5, 0.6) is 11.5 Å². The number of hydrogen-bond acceptors (Lipinski definition) is 4. The summed E-state index contributed by atoms with van der Waals surface area (Å²) in [5.74, 6) is 1.53. The van der Waals surface area contributed by atoms with E-state index in [1.165, 1.54) is 0 Å². The van der Waals surface area contributed by atoms with Crippen molar-refractivity contribution in [1.82, 2.24) is 0 Å². The van der Waals surface area contributed by atoms with Crippen LogP contribution in [0.1, 0.15) is 5.56 Å². The third-order valence-electron chi connectivity index (χ3n) is 2.83. The largest absolute Gasteiger partial charge is 0.454 e. The Morgan fingerprint density at radius 1 is 1.00 bits per heavy atom. The fourth-order valence-electron chi connectivity index (χ4n) is 1.86. The highest BCUT2D eigenvalue weighted by Gasteiger charge is 2.13. The van der Waals surface area contributed by atoms with Gasteiger partial charge in [-0.2, -0.15) is 0 Å². The number of anilines is 2. The Morgan fingerprint density at radius 3 is 2.42 bits per heavy atom. The number of rotatable bonds is 3. The molecule has 0 spiro atoms. The second-order valence-corrected chi connectivity index (χ2v) is 4.57. The van der Waals surface area contributed by atoms with E-state index < -0.39 is 0 Å². The molecule has 0 atom stereocenters. The minimum atomic E-state index is 0.279. The van der Waals surface area contributed by atoms with Crippen LogP contribution in [-0.2, 0) is 0 Å². The molecule has 19 heavy (non-hydrogen) atoms. The molecule has 5 heteroatoms. The predicted molar refractivity (Wildman–Crippen MR) is 78.2 cm³/mol. The lowest BCUT2D eigenvalue weighted by molar-refractivity contribution is 0.174. The van der Waals surface area contributed by atoms with Gasteiger partial charge in [0.25, 0.3) is 0 Å². The minimum absolute atomic E-state index is 0.279. The summed E-state index contributed by atoms with van der Waals surface area (Å²) >= 11 is 4.92. The van der Waals surface area contributed by atoms with Crippen molar-refractivity contribution in [2.24, 2.45) is 5.73 Å². The van der Waals surface area contributed by atoms with Crippen molar-refractivity contribution in [3.05, 3.63) is 48.0 Å². The standard InChI is InChI=1S/C14H12N2O2S/c15-14(19)9-1-3-10(4-2-9)16-11-5-6-12-13(7-11)18-8-17-12/h1-7,16H,8H2,(H2,15,19). The van der Waals surface area contributed by atoms with E-state index in [4.69, 9.17) is 27.4 Å². The number of hydrogen-bond donors (Lipinski definition) is 2. The summed E-state index contributed by atoms with van der Waals surface area (Å²) in [6.07, 6.45) is 0. The molecular weight excluding hydrogens is 260 g/mol. The highest BCUT2D eigenvalue weighted by Crippen LogP contribution is 2.35. The predicted octanol–water partition coefficient (Wildman–Crippen LogP) is 2.79. The Kier molecular flexibility index (Phi) is 2.97. The first-order valence-corrected chi connectivity index (χ1v) is 6.20. The Hall–Kier alpha value is -2.27. The lowest BCUT2D eigenvalue weighted by Gasteiger charge is -2.08. The van der Waals surface area contributed by atoms with Crippen molar-refractivity contribution in [2.45, 2.75) is 0 Å². The molecule has 2 aromatic rings. The normalized spacial score (nSPS) is 12.2. The van der Waals surface area contributed by atoms with Gasteiger partial charge < -0.3 is 20.5 Å². The highest BCUT2D eigenvalue weighted by molar-refractivity contribution is 7.80. The topological polar surface area (TPSA) is 56.5 Å². The first-order chi connectivity index (χ1) is 9.22. The summed E-state index contributed by atoms with van der Waals surface area (Å²) in [5, 5.41) is 3.28. The van der Waals surface area contributed by atoms with Crippen molar-refractivity contribution >= 4 is 28.6 Å². The van der Waals surface area contributed by atoms with Crippen molar-refractivity contribution < 1.29 is 9.47 Å². The Morgan fingerprint density at radius 2 is 1.68 bits per heavy atom. The van der Waals surface area contributed by atoms with Gasteiger partial charge in [0.2, 0.25) is 6.79 Å². The van der Waals surface area contributed by atoms with Crippen LogP contribution in [0.3, 0.4) is 0 Å². The third-order valence-corrected chi connectivity index (χ3v) is 3.07. The lowest BCUT2D eigenvalue weighted by atomic mass is 10.2. The third kappa shape index (κ3) is 2.46. The monoisotopic (exact) mass is 272 g/mol. The molecule has 0 aliphatic carbocycles. The van der Waals surface area contributed by atoms with E-state index in [2.05, 4.69) is 5.32 Å². The van der Waals surface area contributed by atoms with Crippen LogP contribution in [0.4, 0.5) is 11.4 Å². The molecule has 4 nitrogen and oxygen atoms in total. The van der Waals surface area contributed by atoms with Gasteiger partial charge in [-0.15, -0.1) is 0 Å². The van der Waals surface area contributed by atoms with Crippen LogP contribution in [-0.4, -0.2) is 11.8 Å². The molecule has 96 valence electrons. The summed E-state index contributed by atoms with van der Waals surface area (Å²) in [6, 6.07) is 13.4. The maximum atomic E-state index is 5.56. The Balaban J connectivity index is 1.79. The van der Waals surface area contributed by atoms with Gasteiger partial charge in [0, 0.05) is 23.0 Å². The van der Waals surface area contributed by atoms with Gasteiger partial charge in [0.1, 0.15) is 4.99 Å². The zero-order valence-electron chi connectivity index (χ0n) is 10.1. The molecule has 1 heterocycles. The van der Waals surface area contributed by atoms with Crippen LogP contribution in [0.2, 0.25) is 0 Å². The van der Waals surface area contributed by atoms with E-state index in [1.54, 1.807) is 0 Å². The second-order valence-electron chi connectivity index (χ2n) is 4.13. The molecular formula is C14H12N2O2S. The van der Waals surface area contributed by atoms with Gasteiger partial charge in [-0.05, 0) is 36.4 Å². The smallest absolute Gasteiger partial charge is 0.231 e.